The van der Waals surface area contributed by atoms with E-state index in [0.29, 0.717) is 0 Å². The van der Waals surface area contributed by atoms with Crippen molar-refractivity contribution in [1.29, 1.82) is 0 Å². The van der Waals surface area contributed by atoms with Crippen LogP contribution in [0.4, 0.5) is 16.2 Å². The van der Waals surface area contributed by atoms with Crippen LogP contribution in [0.5, 0.6) is 0 Å². The van der Waals surface area contributed by atoms with Crippen LogP contribution in [0.15, 0.2) is 12.1 Å². The van der Waals surface area contributed by atoms with Crippen molar-refractivity contribution in [3.8, 4) is 0 Å². The van der Waals surface area contributed by atoms with Gasteiger partial charge in [-0.15, -0.1) is 0 Å². The Balaban J connectivity index is 2.98. The molecule has 1 aromatic rings. The Morgan fingerprint density at radius 1 is 1.27 bits per heavy atom. The molecule has 4 heteroatoms. The number of rotatable bonds is 2. The van der Waals surface area contributed by atoms with Crippen LogP contribution in [0, 0.1) is 13.8 Å². The molecule has 0 saturated heterocycles. The molecule has 0 radical (unpaired) electrons. The first kappa shape index (κ1) is 11.4. The lowest BCUT2D eigenvalue weighted by Gasteiger charge is -2.12. The van der Waals surface area contributed by atoms with Gasteiger partial charge in [-0.3, -0.25) is 5.32 Å². The van der Waals surface area contributed by atoms with E-state index in [1.807, 2.05) is 33.0 Å². The van der Waals surface area contributed by atoms with Crippen molar-refractivity contribution < 1.29 is 9.53 Å². The van der Waals surface area contributed by atoms with E-state index in [4.69, 9.17) is 0 Å². The van der Waals surface area contributed by atoms with Gasteiger partial charge in [0.1, 0.15) is 0 Å². The summed E-state index contributed by atoms with van der Waals surface area (Å²) in [5.41, 5.74) is 4.01. The van der Waals surface area contributed by atoms with Crippen molar-refractivity contribution in [1.82, 2.24) is 0 Å². The smallest absolute Gasteiger partial charge is 0.411 e. The minimum absolute atomic E-state index is 0.453. The van der Waals surface area contributed by atoms with Gasteiger partial charge in [0, 0.05) is 18.4 Å². The lowest BCUT2D eigenvalue weighted by molar-refractivity contribution is 0.187. The van der Waals surface area contributed by atoms with Crippen LogP contribution in [0.3, 0.4) is 0 Å². The van der Waals surface area contributed by atoms with Crippen LogP contribution in [-0.4, -0.2) is 20.3 Å². The number of carbonyl (C=O) groups is 1. The number of benzene rings is 1. The third-order valence-corrected chi connectivity index (χ3v) is 2.21. The maximum absolute atomic E-state index is 11.0. The number of hydrogen-bond acceptors (Lipinski definition) is 3. The lowest BCUT2D eigenvalue weighted by atomic mass is 10.1. The second-order valence-electron chi connectivity index (χ2n) is 3.35. The Kier molecular flexibility index (Phi) is 3.55. The molecule has 0 spiro atoms. The average Bonchev–Trinajstić information content (AvgIpc) is 2.17. The maximum Gasteiger partial charge on any atom is 0.411 e. The molecule has 82 valence electrons. The Bertz CT molecular complexity index is 352. The van der Waals surface area contributed by atoms with E-state index in [-0.39, 0.29) is 0 Å². The summed E-state index contributed by atoms with van der Waals surface area (Å²) in [4.78, 5) is 11.0. The van der Waals surface area contributed by atoms with Gasteiger partial charge in [-0.2, -0.15) is 0 Å². The topological polar surface area (TPSA) is 50.4 Å². The zero-order valence-electron chi connectivity index (χ0n) is 9.47. The molecule has 2 N–H and O–H groups in total. The summed E-state index contributed by atoms with van der Waals surface area (Å²) >= 11 is 0. The Morgan fingerprint density at radius 3 is 2.20 bits per heavy atom. The molecule has 0 aliphatic rings. The molecule has 1 amide bonds. The van der Waals surface area contributed by atoms with Crippen LogP contribution >= 0.6 is 0 Å². The molecular weight excluding hydrogens is 192 g/mol. The molecular formula is C11H16N2O2. The van der Waals surface area contributed by atoms with Crippen LogP contribution < -0.4 is 10.6 Å². The lowest BCUT2D eigenvalue weighted by Crippen LogP contribution is -2.11. The number of carbonyl (C=O) groups excluding carboxylic acids is 1. The highest BCUT2D eigenvalue weighted by Crippen LogP contribution is 2.24. The predicted octanol–water partition coefficient (Wildman–Crippen LogP) is 2.52. The standard InChI is InChI=1S/C11H16N2O2/c1-7-5-9(13-11(14)15-4)6-8(2)10(7)12-3/h5-6,12H,1-4H3,(H,13,14). The first-order valence-electron chi connectivity index (χ1n) is 4.72. The van der Waals surface area contributed by atoms with E-state index < -0.39 is 6.09 Å². The quantitative estimate of drug-likeness (QED) is 0.785. The second-order valence-corrected chi connectivity index (χ2v) is 3.35. The normalized spacial score (nSPS) is 9.60. The van der Waals surface area contributed by atoms with Crippen molar-refractivity contribution in [3.05, 3.63) is 23.3 Å². The predicted molar refractivity (Wildman–Crippen MR) is 61.5 cm³/mol. The molecule has 0 atom stereocenters. The molecule has 0 aromatic heterocycles. The Labute approximate surface area is 89.6 Å². The largest absolute Gasteiger partial charge is 0.453 e. The van der Waals surface area contributed by atoms with E-state index in [9.17, 15) is 4.79 Å². The van der Waals surface area contributed by atoms with Crippen LogP contribution in [0.2, 0.25) is 0 Å². The first-order chi connectivity index (χ1) is 7.08. The summed E-state index contributed by atoms with van der Waals surface area (Å²) < 4.78 is 4.52. The number of aryl methyl sites for hydroxylation is 2. The number of nitrogens with one attached hydrogen (secondary N) is 2. The molecule has 0 heterocycles. The Morgan fingerprint density at radius 2 is 1.80 bits per heavy atom. The third kappa shape index (κ3) is 2.62. The van der Waals surface area contributed by atoms with Gasteiger partial charge in [0.2, 0.25) is 0 Å². The van der Waals surface area contributed by atoms with Crippen molar-refractivity contribution in [3.63, 3.8) is 0 Å². The fourth-order valence-corrected chi connectivity index (χ4v) is 1.60. The summed E-state index contributed by atoms with van der Waals surface area (Å²) in [6.07, 6.45) is -0.453. The van der Waals surface area contributed by atoms with Gasteiger partial charge in [-0.25, -0.2) is 4.79 Å². The zero-order chi connectivity index (χ0) is 11.4. The van der Waals surface area contributed by atoms with Gasteiger partial charge in [-0.1, -0.05) is 0 Å². The van der Waals surface area contributed by atoms with E-state index in [1.54, 1.807) is 0 Å². The highest BCUT2D eigenvalue weighted by atomic mass is 16.5. The monoisotopic (exact) mass is 208 g/mol. The molecule has 0 bridgehead atoms. The van der Waals surface area contributed by atoms with Gasteiger partial charge in [0.25, 0.3) is 0 Å². The number of amides is 1. The van der Waals surface area contributed by atoms with E-state index >= 15 is 0 Å². The number of ether oxygens (including phenoxy) is 1. The molecule has 0 aliphatic heterocycles. The van der Waals surface area contributed by atoms with E-state index in [0.717, 1.165) is 22.5 Å². The van der Waals surface area contributed by atoms with Crippen LogP contribution in [0.1, 0.15) is 11.1 Å². The summed E-state index contributed by atoms with van der Waals surface area (Å²) in [7, 11) is 3.22. The van der Waals surface area contributed by atoms with Gasteiger partial charge < -0.3 is 10.1 Å². The molecule has 4 nitrogen and oxygen atoms in total. The maximum atomic E-state index is 11.0. The summed E-state index contributed by atoms with van der Waals surface area (Å²) in [6, 6.07) is 3.80. The SMILES string of the molecule is CNc1c(C)cc(NC(=O)OC)cc1C. The molecule has 0 saturated carbocycles. The van der Waals surface area contributed by atoms with Gasteiger partial charge in [-0.05, 0) is 37.1 Å². The molecule has 1 aromatic carbocycles. The summed E-state index contributed by atoms with van der Waals surface area (Å²) in [5, 5.41) is 5.75. The molecule has 0 fully saturated rings. The zero-order valence-corrected chi connectivity index (χ0v) is 9.47. The molecule has 1 rings (SSSR count). The molecule has 15 heavy (non-hydrogen) atoms. The average molecular weight is 208 g/mol. The number of anilines is 2. The van der Waals surface area contributed by atoms with Gasteiger partial charge in [0.05, 0.1) is 7.11 Å². The molecule has 0 aliphatic carbocycles. The van der Waals surface area contributed by atoms with Gasteiger partial charge >= 0.3 is 6.09 Å². The minimum Gasteiger partial charge on any atom is -0.453 e. The van der Waals surface area contributed by atoms with Crippen molar-refractivity contribution in [2.24, 2.45) is 0 Å². The minimum atomic E-state index is -0.453. The Hall–Kier alpha value is -1.71. The van der Waals surface area contributed by atoms with Crippen LogP contribution in [0.25, 0.3) is 0 Å². The fourth-order valence-electron chi connectivity index (χ4n) is 1.60. The van der Waals surface area contributed by atoms with Crippen molar-refractivity contribution in [2.75, 3.05) is 24.8 Å². The summed E-state index contributed by atoms with van der Waals surface area (Å²) in [6.45, 7) is 3.97. The van der Waals surface area contributed by atoms with E-state index in [2.05, 4.69) is 15.4 Å². The van der Waals surface area contributed by atoms with Crippen LogP contribution in [-0.2, 0) is 4.74 Å². The van der Waals surface area contributed by atoms with E-state index in [1.165, 1.54) is 7.11 Å². The van der Waals surface area contributed by atoms with Crippen molar-refractivity contribution in [2.45, 2.75) is 13.8 Å². The number of hydrogen-bond donors (Lipinski definition) is 2. The number of methoxy groups -OCH3 is 1. The second kappa shape index (κ2) is 4.68. The highest BCUT2D eigenvalue weighted by molar-refractivity contribution is 5.85. The van der Waals surface area contributed by atoms with Crippen molar-refractivity contribution >= 4 is 17.5 Å². The fraction of sp³-hybridized carbons (Fsp3) is 0.364. The molecule has 0 unspecified atom stereocenters. The van der Waals surface area contributed by atoms with Gasteiger partial charge in [0.15, 0.2) is 0 Å². The highest BCUT2D eigenvalue weighted by Gasteiger charge is 2.05. The first-order valence-corrected chi connectivity index (χ1v) is 4.72. The summed E-state index contributed by atoms with van der Waals surface area (Å²) in [5.74, 6) is 0. The third-order valence-electron chi connectivity index (χ3n) is 2.21.